The summed E-state index contributed by atoms with van der Waals surface area (Å²) in [5, 5.41) is 0. The molecule has 1 aliphatic heterocycles. The average Bonchev–Trinajstić information content (AvgIpc) is 2.27. The first-order chi connectivity index (χ1) is 8.39. The molecule has 18 heavy (non-hydrogen) atoms. The van der Waals surface area contributed by atoms with Crippen molar-refractivity contribution in [3.05, 3.63) is 30.1 Å². The minimum Gasteiger partial charge on any atom is -0.373 e. The number of hydrogen-bond acceptors (Lipinski definition) is 3. The van der Waals surface area contributed by atoms with E-state index in [-0.39, 0.29) is 17.1 Å². The Kier molecular flexibility index (Phi) is 3.70. The minimum absolute atomic E-state index is 0.0104. The molecule has 1 aliphatic rings. The lowest BCUT2D eigenvalue weighted by Crippen LogP contribution is -2.48. The van der Waals surface area contributed by atoms with Crippen molar-refractivity contribution in [1.82, 2.24) is 4.31 Å². The molecule has 0 bridgehead atoms. The molecule has 2 atom stereocenters. The Morgan fingerprint density at radius 2 is 1.89 bits per heavy atom. The second-order valence-corrected chi connectivity index (χ2v) is 6.47. The molecule has 0 radical (unpaired) electrons. The van der Waals surface area contributed by atoms with Gasteiger partial charge >= 0.3 is 0 Å². The summed E-state index contributed by atoms with van der Waals surface area (Å²) in [6.45, 7) is 4.24. The summed E-state index contributed by atoms with van der Waals surface area (Å²) < 4.78 is 44.6. The maximum Gasteiger partial charge on any atom is 0.243 e. The molecule has 0 aromatic heterocycles. The molecule has 0 unspecified atom stereocenters. The van der Waals surface area contributed by atoms with E-state index in [9.17, 15) is 12.8 Å². The lowest BCUT2D eigenvalue weighted by Gasteiger charge is -2.34. The van der Waals surface area contributed by atoms with Crippen LogP contribution in [-0.2, 0) is 14.8 Å². The summed E-state index contributed by atoms with van der Waals surface area (Å²) in [6, 6.07) is 5.07. The van der Waals surface area contributed by atoms with Gasteiger partial charge in [0.15, 0.2) is 0 Å². The molecule has 1 heterocycles. The molecule has 6 heteroatoms. The molecule has 0 amide bonds. The molecular formula is C12H16FNO3S. The summed E-state index contributed by atoms with van der Waals surface area (Å²) in [6.07, 6.45) is -0.311. The van der Waals surface area contributed by atoms with Crippen molar-refractivity contribution in [3.63, 3.8) is 0 Å². The fraction of sp³-hybridized carbons (Fsp3) is 0.500. The summed E-state index contributed by atoms with van der Waals surface area (Å²) in [4.78, 5) is -0.0104. The van der Waals surface area contributed by atoms with Gasteiger partial charge in [0, 0.05) is 13.1 Å². The van der Waals surface area contributed by atoms with Crippen LogP contribution in [0.2, 0.25) is 0 Å². The highest BCUT2D eigenvalue weighted by Gasteiger charge is 2.32. The molecule has 0 aliphatic carbocycles. The van der Waals surface area contributed by atoms with Gasteiger partial charge in [-0.15, -0.1) is 0 Å². The van der Waals surface area contributed by atoms with Crippen LogP contribution in [0.15, 0.2) is 29.2 Å². The molecule has 0 N–H and O–H groups in total. The molecule has 4 nitrogen and oxygen atoms in total. The number of halogens is 1. The van der Waals surface area contributed by atoms with E-state index in [4.69, 9.17) is 4.74 Å². The zero-order valence-electron chi connectivity index (χ0n) is 10.3. The molecule has 1 fully saturated rings. The van der Waals surface area contributed by atoms with E-state index in [0.29, 0.717) is 13.1 Å². The SMILES string of the molecule is C[C@@H]1CN(S(=O)(=O)c2cccc(F)c2)C[C@@H](C)O1. The summed E-state index contributed by atoms with van der Waals surface area (Å²) in [5.41, 5.74) is 0. The largest absolute Gasteiger partial charge is 0.373 e. The summed E-state index contributed by atoms with van der Waals surface area (Å²) in [5.74, 6) is -0.551. The quantitative estimate of drug-likeness (QED) is 0.822. The van der Waals surface area contributed by atoms with Crippen molar-refractivity contribution >= 4 is 10.0 Å². The number of rotatable bonds is 2. The van der Waals surface area contributed by atoms with Gasteiger partial charge in [0.05, 0.1) is 17.1 Å². The van der Waals surface area contributed by atoms with Crippen LogP contribution in [-0.4, -0.2) is 38.0 Å². The number of nitrogens with zero attached hydrogens (tertiary/aromatic N) is 1. The van der Waals surface area contributed by atoms with E-state index in [2.05, 4.69) is 0 Å². The Morgan fingerprint density at radius 1 is 1.28 bits per heavy atom. The van der Waals surface area contributed by atoms with Gasteiger partial charge in [-0.05, 0) is 32.0 Å². The predicted molar refractivity (Wildman–Crippen MR) is 65.2 cm³/mol. The molecule has 1 aromatic rings. The third kappa shape index (κ3) is 2.71. The smallest absolute Gasteiger partial charge is 0.243 e. The van der Waals surface area contributed by atoms with Gasteiger partial charge in [-0.3, -0.25) is 0 Å². The highest BCUT2D eigenvalue weighted by molar-refractivity contribution is 7.89. The van der Waals surface area contributed by atoms with E-state index < -0.39 is 15.8 Å². The standard InChI is InChI=1S/C12H16FNO3S/c1-9-7-14(8-10(2)17-9)18(15,16)12-5-3-4-11(13)6-12/h3-6,9-10H,7-8H2,1-2H3/t9-,10-/m1/s1. The summed E-state index contributed by atoms with van der Waals surface area (Å²) >= 11 is 0. The van der Waals surface area contributed by atoms with Gasteiger partial charge < -0.3 is 4.74 Å². The first kappa shape index (κ1) is 13.5. The van der Waals surface area contributed by atoms with Crippen molar-refractivity contribution in [3.8, 4) is 0 Å². The van der Waals surface area contributed by atoms with Crippen molar-refractivity contribution < 1.29 is 17.5 Å². The highest BCUT2D eigenvalue weighted by Crippen LogP contribution is 2.21. The first-order valence-corrected chi connectivity index (χ1v) is 7.25. The number of benzene rings is 1. The van der Waals surface area contributed by atoms with E-state index in [1.165, 1.54) is 22.5 Å². The molecule has 1 aromatic carbocycles. The van der Waals surface area contributed by atoms with E-state index in [1.807, 2.05) is 13.8 Å². The van der Waals surface area contributed by atoms with Gasteiger partial charge in [-0.1, -0.05) is 6.07 Å². The summed E-state index contributed by atoms with van der Waals surface area (Å²) in [7, 11) is -3.64. The molecule has 0 spiro atoms. The van der Waals surface area contributed by atoms with Crippen LogP contribution in [0, 0.1) is 5.82 Å². The van der Waals surface area contributed by atoms with Gasteiger partial charge in [0.25, 0.3) is 0 Å². The van der Waals surface area contributed by atoms with Gasteiger partial charge in [-0.25, -0.2) is 12.8 Å². The molecule has 2 rings (SSSR count). The lowest BCUT2D eigenvalue weighted by molar-refractivity contribution is -0.0440. The fourth-order valence-electron chi connectivity index (χ4n) is 2.10. The molecule has 1 saturated heterocycles. The zero-order valence-corrected chi connectivity index (χ0v) is 11.2. The maximum atomic E-state index is 13.1. The number of morpholine rings is 1. The normalized spacial score (nSPS) is 26.2. The zero-order chi connectivity index (χ0) is 13.3. The van der Waals surface area contributed by atoms with Crippen molar-refractivity contribution in [2.24, 2.45) is 0 Å². The van der Waals surface area contributed by atoms with Crippen LogP contribution >= 0.6 is 0 Å². The van der Waals surface area contributed by atoms with Crippen molar-refractivity contribution in [1.29, 1.82) is 0 Å². The maximum absolute atomic E-state index is 13.1. The third-order valence-corrected chi connectivity index (χ3v) is 4.65. The number of sulfonamides is 1. The number of hydrogen-bond donors (Lipinski definition) is 0. The second-order valence-electron chi connectivity index (χ2n) is 4.54. The Labute approximate surface area is 106 Å². The van der Waals surface area contributed by atoms with Crippen LogP contribution in [0.5, 0.6) is 0 Å². The monoisotopic (exact) mass is 273 g/mol. The van der Waals surface area contributed by atoms with Crippen LogP contribution in [0.25, 0.3) is 0 Å². The first-order valence-electron chi connectivity index (χ1n) is 5.81. The second kappa shape index (κ2) is 4.95. The Bertz CT molecular complexity index is 522. The van der Waals surface area contributed by atoms with E-state index >= 15 is 0 Å². The van der Waals surface area contributed by atoms with E-state index in [1.54, 1.807) is 0 Å². The van der Waals surface area contributed by atoms with E-state index in [0.717, 1.165) is 6.07 Å². The van der Waals surface area contributed by atoms with Crippen LogP contribution < -0.4 is 0 Å². The van der Waals surface area contributed by atoms with Crippen molar-refractivity contribution in [2.45, 2.75) is 31.0 Å². The van der Waals surface area contributed by atoms with Crippen LogP contribution in [0.4, 0.5) is 4.39 Å². The van der Waals surface area contributed by atoms with Crippen molar-refractivity contribution in [2.75, 3.05) is 13.1 Å². The number of ether oxygens (including phenoxy) is 1. The third-order valence-electron chi connectivity index (χ3n) is 2.82. The topological polar surface area (TPSA) is 46.6 Å². The lowest BCUT2D eigenvalue weighted by atomic mass is 10.3. The molecular weight excluding hydrogens is 257 g/mol. The van der Waals surface area contributed by atoms with Gasteiger partial charge in [0.1, 0.15) is 5.82 Å². The fourth-order valence-corrected chi connectivity index (χ4v) is 3.73. The Hall–Kier alpha value is -0.980. The minimum atomic E-state index is -3.64. The van der Waals surface area contributed by atoms with Crippen LogP contribution in [0.3, 0.4) is 0 Å². The molecule has 0 saturated carbocycles. The van der Waals surface area contributed by atoms with Crippen LogP contribution in [0.1, 0.15) is 13.8 Å². The average molecular weight is 273 g/mol. The highest BCUT2D eigenvalue weighted by atomic mass is 32.2. The Balaban J connectivity index is 2.31. The predicted octanol–water partition coefficient (Wildman–Crippen LogP) is 1.62. The van der Waals surface area contributed by atoms with Gasteiger partial charge in [-0.2, -0.15) is 4.31 Å². The molecule has 100 valence electrons. The van der Waals surface area contributed by atoms with Gasteiger partial charge in [0.2, 0.25) is 10.0 Å². The Morgan fingerprint density at radius 3 is 2.44 bits per heavy atom.